The zero-order valence-electron chi connectivity index (χ0n) is 19.4. The highest BCUT2D eigenvalue weighted by Crippen LogP contribution is 2.29. The van der Waals surface area contributed by atoms with Crippen LogP contribution in [0.3, 0.4) is 0 Å². The predicted octanol–water partition coefficient (Wildman–Crippen LogP) is 5.35. The van der Waals surface area contributed by atoms with E-state index in [1.165, 1.54) is 22.9 Å². The lowest BCUT2D eigenvalue weighted by Gasteiger charge is -2.11. The van der Waals surface area contributed by atoms with Crippen LogP contribution in [-0.2, 0) is 5.75 Å². The van der Waals surface area contributed by atoms with Crippen LogP contribution in [0.1, 0.15) is 17.0 Å². The molecule has 0 saturated heterocycles. The predicted molar refractivity (Wildman–Crippen MR) is 140 cm³/mol. The molecule has 5 rings (SSSR count). The van der Waals surface area contributed by atoms with Crippen LogP contribution in [0.25, 0.3) is 17.1 Å². The number of para-hydroxylation sites is 1. The summed E-state index contributed by atoms with van der Waals surface area (Å²) in [6.07, 6.45) is 0. The van der Waals surface area contributed by atoms with Crippen molar-refractivity contribution >= 4 is 29.3 Å². The summed E-state index contributed by atoms with van der Waals surface area (Å²) in [5.41, 5.74) is 11.2. The van der Waals surface area contributed by atoms with Gasteiger partial charge in [-0.3, -0.25) is 4.57 Å². The second kappa shape index (κ2) is 9.94. The van der Waals surface area contributed by atoms with E-state index in [0.29, 0.717) is 17.5 Å². The zero-order valence-corrected chi connectivity index (χ0v) is 20.2. The molecule has 3 N–H and O–H groups in total. The summed E-state index contributed by atoms with van der Waals surface area (Å²) < 4.78 is 2.05. The average molecular weight is 481 g/mol. The van der Waals surface area contributed by atoms with E-state index in [0.717, 1.165) is 27.9 Å². The number of anilines is 3. The fourth-order valence-electron chi connectivity index (χ4n) is 3.52. The zero-order chi connectivity index (χ0) is 24.2. The molecule has 0 bridgehead atoms. The quantitative estimate of drug-likeness (QED) is 0.300. The number of thioether (sulfide) groups is 1. The van der Waals surface area contributed by atoms with E-state index in [4.69, 9.17) is 5.73 Å². The molecule has 0 radical (unpaired) electrons. The van der Waals surface area contributed by atoms with Crippen molar-refractivity contribution in [1.29, 1.82) is 0 Å². The summed E-state index contributed by atoms with van der Waals surface area (Å²) in [5, 5.41) is 12.9. The molecule has 0 saturated carbocycles. The Morgan fingerprint density at radius 1 is 0.800 bits per heavy atom. The molecule has 0 aliphatic rings. The number of nitrogens with zero attached hydrogens (tertiary/aromatic N) is 6. The van der Waals surface area contributed by atoms with Crippen molar-refractivity contribution in [1.82, 2.24) is 29.7 Å². The van der Waals surface area contributed by atoms with Crippen molar-refractivity contribution in [2.45, 2.75) is 24.8 Å². The smallest absolute Gasteiger partial charge is 0.232 e. The minimum absolute atomic E-state index is 0.162. The lowest BCUT2D eigenvalue weighted by molar-refractivity contribution is 0.882. The van der Waals surface area contributed by atoms with Gasteiger partial charge in [0.2, 0.25) is 11.9 Å². The Labute approximate surface area is 207 Å². The summed E-state index contributed by atoms with van der Waals surface area (Å²) in [6, 6.07) is 26.3. The summed E-state index contributed by atoms with van der Waals surface area (Å²) >= 11 is 1.49. The van der Waals surface area contributed by atoms with Crippen LogP contribution in [0.4, 0.5) is 17.6 Å². The Morgan fingerprint density at radius 3 is 2.20 bits per heavy atom. The molecule has 35 heavy (non-hydrogen) atoms. The molecule has 0 fully saturated rings. The maximum atomic E-state index is 5.97. The SMILES string of the molecule is Cc1ccc(Nc2nc(N)nc(CSc3nnc(-c4ccc(C)cc4)n3-c3ccccc3)n2)cc1. The van der Waals surface area contributed by atoms with Gasteiger partial charge < -0.3 is 11.1 Å². The summed E-state index contributed by atoms with van der Waals surface area (Å²) in [6.45, 7) is 4.10. The number of benzene rings is 3. The Kier molecular flexibility index (Phi) is 6.40. The molecule has 0 amide bonds. The molecule has 174 valence electrons. The molecule has 0 atom stereocenters. The molecule has 0 aliphatic heterocycles. The highest BCUT2D eigenvalue weighted by atomic mass is 32.2. The van der Waals surface area contributed by atoms with Crippen LogP contribution >= 0.6 is 11.8 Å². The number of nitrogens with one attached hydrogen (secondary N) is 1. The largest absolute Gasteiger partial charge is 0.368 e. The normalized spacial score (nSPS) is 10.9. The average Bonchev–Trinajstić information content (AvgIpc) is 3.29. The fourth-order valence-corrected chi connectivity index (χ4v) is 4.32. The number of aryl methyl sites for hydroxylation is 2. The van der Waals surface area contributed by atoms with Gasteiger partial charge >= 0.3 is 0 Å². The Bertz CT molecular complexity index is 1430. The molecular weight excluding hydrogens is 456 g/mol. The Balaban J connectivity index is 1.42. The van der Waals surface area contributed by atoms with Crippen LogP contribution in [0.15, 0.2) is 84.0 Å². The minimum Gasteiger partial charge on any atom is -0.368 e. The third-order valence-electron chi connectivity index (χ3n) is 5.29. The van der Waals surface area contributed by atoms with E-state index in [1.807, 2.05) is 66.1 Å². The molecule has 3 aromatic carbocycles. The summed E-state index contributed by atoms with van der Waals surface area (Å²) in [5.74, 6) is 2.35. The molecular formula is C26H24N8S. The molecule has 0 unspecified atom stereocenters. The van der Waals surface area contributed by atoms with Gasteiger partial charge in [-0.1, -0.05) is 77.5 Å². The molecule has 0 aliphatic carbocycles. The number of nitrogen functional groups attached to an aromatic ring is 1. The second-order valence-corrected chi connectivity index (χ2v) is 9.00. The minimum atomic E-state index is 0.162. The van der Waals surface area contributed by atoms with Gasteiger partial charge in [-0.05, 0) is 38.1 Å². The van der Waals surface area contributed by atoms with Gasteiger partial charge in [-0.25, -0.2) is 0 Å². The summed E-state index contributed by atoms with van der Waals surface area (Å²) in [7, 11) is 0. The van der Waals surface area contributed by atoms with Crippen molar-refractivity contribution < 1.29 is 0 Å². The monoisotopic (exact) mass is 480 g/mol. The van der Waals surface area contributed by atoms with Crippen molar-refractivity contribution in [3.05, 3.63) is 95.8 Å². The lowest BCUT2D eigenvalue weighted by atomic mass is 10.1. The molecule has 8 nitrogen and oxygen atoms in total. The number of hydrogen-bond donors (Lipinski definition) is 2. The fraction of sp³-hybridized carbons (Fsp3) is 0.115. The van der Waals surface area contributed by atoms with E-state index in [9.17, 15) is 0 Å². The number of hydrogen-bond acceptors (Lipinski definition) is 8. The van der Waals surface area contributed by atoms with E-state index < -0.39 is 0 Å². The summed E-state index contributed by atoms with van der Waals surface area (Å²) in [4.78, 5) is 13.1. The molecule has 9 heteroatoms. The van der Waals surface area contributed by atoms with Gasteiger partial charge in [0.05, 0.1) is 5.75 Å². The van der Waals surface area contributed by atoms with Crippen LogP contribution < -0.4 is 11.1 Å². The Morgan fingerprint density at radius 2 is 1.49 bits per heavy atom. The molecule has 2 aromatic heterocycles. The molecule has 2 heterocycles. The molecule has 0 spiro atoms. The first-order valence-corrected chi connectivity index (χ1v) is 12.1. The van der Waals surface area contributed by atoms with E-state index in [1.54, 1.807) is 0 Å². The van der Waals surface area contributed by atoms with E-state index >= 15 is 0 Å². The topological polar surface area (TPSA) is 107 Å². The van der Waals surface area contributed by atoms with Crippen molar-refractivity contribution in [3.63, 3.8) is 0 Å². The maximum absolute atomic E-state index is 5.97. The van der Waals surface area contributed by atoms with Crippen LogP contribution in [0.5, 0.6) is 0 Å². The van der Waals surface area contributed by atoms with Crippen molar-refractivity contribution in [2.75, 3.05) is 11.1 Å². The third kappa shape index (κ3) is 5.30. The number of rotatable bonds is 7. The lowest BCUT2D eigenvalue weighted by Crippen LogP contribution is -2.07. The second-order valence-electron chi connectivity index (χ2n) is 8.06. The maximum Gasteiger partial charge on any atom is 0.232 e. The van der Waals surface area contributed by atoms with Crippen molar-refractivity contribution in [3.8, 4) is 17.1 Å². The Hall–Kier alpha value is -4.24. The van der Waals surface area contributed by atoms with Gasteiger partial charge in [0.1, 0.15) is 5.82 Å². The first-order chi connectivity index (χ1) is 17.0. The highest BCUT2D eigenvalue weighted by molar-refractivity contribution is 7.98. The van der Waals surface area contributed by atoms with Gasteiger partial charge in [-0.15, -0.1) is 10.2 Å². The van der Waals surface area contributed by atoms with Gasteiger partial charge in [0.15, 0.2) is 11.0 Å². The number of aromatic nitrogens is 6. The molecule has 5 aromatic rings. The number of nitrogens with two attached hydrogens (primary N) is 1. The van der Waals surface area contributed by atoms with Crippen LogP contribution in [-0.4, -0.2) is 29.7 Å². The first kappa shape index (κ1) is 22.5. The third-order valence-corrected chi connectivity index (χ3v) is 6.22. The van der Waals surface area contributed by atoms with E-state index in [-0.39, 0.29) is 5.95 Å². The van der Waals surface area contributed by atoms with Crippen LogP contribution in [0.2, 0.25) is 0 Å². The van der Waals surface area contributed by atoms with E-state index in [2.05, 4.69) is 61.7 Å². The van der Waals surface area contributed by atoms with Crippen molar-refractivity contribution in [2.24, 2.45) is 0 Å². The van der Waals surface area contributed by atoms with Crippen LogP contribution in [0, 0.1) is 13.8 Å². The first-order valence-electron chi connectivity index (χ1n) is 11.1. The van der Waals surface area contributed by atoms with Gasteiger partial charge in [0, 0.05) is 16.9 Å². The highest BCUT2D eigenvalue weighted by Gasteiger charge is 2.17. The van der Waals surface area contributed by atoms with Gasteiger partial charge in [-0.2, -0.15) is 15.0 Å². The standard InChI is InChI=1S/C26H24N8S/c1-17-8-12-19(13-9-17)23-32-33-26(34(23)21-6-4-3-5-7-21)35-16-22-29-24(27)31-25(30-22)28-20-14-10-18(2)11-15-20/h3-15H,16H2,1-2H3,(H3,27,28,29,30,31). The van der Waals surface area contributed by atoms with Gasteiger partial charge in [0.25, 0.3) is 0 Å².